The van der Waals surface area contributed by atoms with Crippen molar-refractivity contribution in [3.05, 3.63) is 72.4 Å². The fourth-order valence-corrected chi connectivity index (χ4v) is 4.69. The van der Waals surface area contributed by atoms with Gasteiger partial charge in [0.25, 0.3) is 0 Å². The number of nitrogens with zero attached hydrogens (tertiary/aromatic N) is 4. The van der Waals surface area contributed by atoms with Gasteiger partial charge in [-0.1, -0.05) is 6.07 Å². The SMILES string of the molecule is Cc1ccc(-c2cncc3[nH]c(-c4n[nH]c5ccc(-c6cncnc6)cc45)cc23)s1. The number of fused-ring (bicyclic) bond motifs is 2. The van der Waals surface area contributed by atoms with E-state index in [1.807, 2.05) is 30.9 Å². The minimum atomic E-state index is 0.883. The van der Waals surface area contributed by atoms with Gasteiger partial charge in [0.05, 0.1) is 22.9 Å². The van der Waals surface area contributed by atoms with E-state index in [2.05, 4.69) is 67.4 Å². The number of hydrogen-bond acceptors (Lipinski definition) is 5. The third-order valence-electron chi connectivity index (χ3n) is 5.26. The summed E-state index contributed by atoms with van der Waals surface area (Å²) in [5.74, 6) is 0. The Morgan fingerprint density at radius 3 is 2.53 bits per heavy atom. The van der Waals surface area contributed by atoms with Crippen LogP contribution in [0.4, 0.5) is 0 Å². The van der Waals surface area contributed by atoms with E-state index in [-0.39, 0.29) is 0 Å². The number of benzene rings is 1. The van der Waals surface area contributed by atoms with Crippen LogP contribution in [0, 0.1) is 6.92 Å². The van der Waals surface area contributed by atoms with E-state index in [1.165, 1.54) is 16.1 Å². The van der Waals surface area contributed by atoms with E-state index < -0.39 is 0 Å². The molecular formula is C23H16N6S. The predicted octanol–water partition coefficient (Wildman–Crippen LogP) is 5.60. The topological polar surface area (TPSA) is 83.1 Å². The molecule has 1 aromatic carbocycles. The highest BCUT2D eigenvalue weighted by atomic mass is 32.1. The highest BCUT2D eigenvalue weighted by molar-refractivity contribution is 7.15. The molecule has 6 aromatic rings. The molecule has 30 heavy (non-hydrogen) atoms. The molecular weight excluding hydrogens is 392 g/mol. The smallest absolute Gasteiger partial charge is 0.116 e. The molecule has 0 aliphatic carbocycles. The summed E-state index contributed by atoms with van der Waals surface area (Å²) in [5, 5.41) is 9.93. The van der Waals surface area contributed by atoms with E-state index >= 15 is 0 Å². The molecule has 0 atom stereocenters. The Kier molecular flexibility index (Phi) is 3.75. The molecule has 0 bridgehead atoms. The number of thiophene rings is 1. The summed E-state index contributed by atoms with van der Waals surface area (Å²) in [4.78, 5) is 18.7. The number of pyridine rings is 1. The first-order chi connectivity index (χ1) is 14.8. The van der Waals surface area contributed by atoms with Gasteiger partial charge >= 0.3 is 0 Å². The average molecular weight is 408 g/mol. The molecule has 0 fully saturated rings. The molecule has 0 radical (unpaired) electrons. The quantitative estimate of drug-likeness (QED) is 0.399. The number of aryl methyl sites for hydroxylation is 1. The molecule has 2 N–H and O–H groups in total. The van der Waals surface area contributed by atoms with Crippen molar-refractivity contribution < 1.29 is 0 Å². The Labute approximate surface area is 175 Å². The molecule has 5 heterocycles. The van der Waals surface area contributed by atoms with Crippen molar-refractivity contribution >= 4 is 33.1 Å². The molecule has 6 nitrogen and oxygen atoms in total. The normalized spacial score (nSPS) is 11.5. The van der Waals surface area contributed by atoms with E-state index in [0.717, 1.165) is 49.9 Å². The molecule has 5 aromatic heterocycles. The number of aromatic amines is 2. The average Bonchev–Trinajstić information content (AvgIpc) is 3.51. The Balaban J connectivity index is 1.52. The first-order valence-electron chi connectivity index (χ1n) is 9.54. The third kappa shape index (κ3) is 2.71. The molecule has 144 valence electrons. The fourth-order valence-electron chi connectivity index (χ4n) is 3.80. The number of hydrogen-bond donors (Lipinski definition) is 2. The van der Waals surface area contributed by atoms with Crippen molar-refractivity contribution in [1.29, 1.82) is 0 Å². The number of aromatic nitrogens is 6. The van der Waals surface area contributed by atoms with Gasteiger partial charge in [0.1, 0.15) is 12.0 Å². The van der Waals surface area contributed by atoms with Gasteiger partial charge in [-0.15, -0.1) is 11.3 Å². The van der Waals surface area contributed by atoms with Gasteiger partial charge in [0.15, 0.2) is 0 Å². The van der Waals surface area contributed by atoms with Gasteiger partial charge in [0, 0.05) is 50.2 Å². The van der Waals surface area contributed by atoms with Gasteiger partial charge in [-0.25, -0.2) is 9.97 Å². The van der Waals surface area contributed by atoms with Crippen LogP contribution in [-0.2, 0) is 0 Å². The first kappa shape index (κ1) is 17.1. The molecule has 0 saturated carbocycles. The number of H-pyrrole nitrogens is 2. The summed E-state index contributed by atoms with van der Waals surface area (Å²) < 4.78 is 0. The van der Waals surface area contributed by atoms with Crippen LogP contribution in [0.2, 0.25) is 0 Å². The fraction of sp³-hybridized carbons (Fsp3) is 0.0435. The van der Waals surface area contributed by atoms with E-state index in [1.54, 1.807) is 11.3 Å². The molecule has 7 heteroatoms. The highest BCUT2D eigenvalue weighted by Crippen LogP contribution is 2.36. The molecule has 0 unspecified atom stereocenters. The zero-order valence-corrected chi connectivity index (χ0v) is 16.9. The van der Waals surface area contributed by atoms with Gasteiger partial charge in [-0.2, -0.15) is 5.10 Å². The summed E-state index contributed by atoms with van der Waals surface area (Å²) in [6, 6.07) is 12.7. The molecule has 0 spiro atoms. The minimum absolute atomic E-state index is 0.883. The maximum Gasteiger partial charge on any atom is 0.116 e. The molecule has 0 aliphatic rings. The van der Waals surface area contributed by atoms with E-state index in [0.29, 0.717) is 0 Å². The van der Waals surface area contributed by atoms with Crippen LogP contribution in [0.5, 0.6) is 0 Å². The van der Waals surface area contributed by atoms with Crippen LogP contribution in [0.25, 0.3) is 54.8 Å². The maximum absolute atomic E-state index is 4.60. The van der Waals surface area contributed by atoms with Crippen molar-refractivity contribution in [2.24, 2.45) is 0 Å². The summed E-state index contributed by atoms with van der Waals surface area (Å²) >= 11 is 1.78. The second kappa shape index (κ2) is 6.60. The Bertz CT molecular complexity index is 1510. The highest BCUT2D eigenvalue weighted by Gasteiger charge is 2.15. The number of nitrogens with one attached hydrogen (secondary N) is 2. The summed E-state index contributed by atoms with van der Waals surface area (Å²) in [6.45, 7) is 2.12. The Morgan fingerprint density at radius 2 is 1.70 bits per heavy atom. The lowest BCUT2D eigenvalue weighted by Crippen LogP contribution is -1.83. The summed E-state index contributed by atoms with van der Waals surface area (Å²) in [6.07, 6.45) is 8.97. The molecule has 0 saturated heterocycles. The van der Waals surface area contributed by atoms with Crippen molar-refractivity contribution in [3.63, 3.8) is 0 Å². The monoisotopic (exact) mass is 408 g/mol. The zero-order valence-electron chi connectivity index (χ0n) is 16.0. The van der Waals surface area contributed by atoms with Crippen LogP contribution in [-0.4, -0.2) is 30.1 Å². The van der Waals surface area contributed by atoms with Gasteiger partial charge in [-0.05, 0) is 42.8 Å². The van der Waals surface area contributed by atoms with E-state index in [9.17, 15) is 0 Å². The van der Waals surface area contributed by atoms with Crippen LogP contribution in [0.3, 0.4) is 0 Å². The van der Waals surface area contributed by atoms with Crippen LogP contribution in [0.15, 0.2) is 67.5 Å². The van der Waals surface area contributed by atoms with Gasteiger partial charge in [-0.3, -0.25) is 10.1 Å². The predicted molar refractivity (Wildman–Crippen MR) is 120 cm³/mol. The van der Waals surface area contributed by atoms with Crippen LogP contribution < -0.4 is 0 Å². The third-order valence-corrected chi connectivity index (χ3v) is 6.30. The van der Waals surface area contributed by atoms with Crippen LogP contribution in [0.1, 0.15) is 4.88 Å². The van der Waals surface area contributed by atoms with Crippen molar-refractivity contribution in [2.75, 3.05) is 0 Å². The zero-order chi connectivity index (χ0) is 20.1. The lowest BCUT2D eigenvalue weighted by molar-refractivity contribution is 1.12. The van der Waals surface area contributed by atoms with Crippen molar-refractivity contribution in [3.8, 4) is 33.0 Å². The Morgan fingerprint density at radius 1 is 0.800 bits per heavy atom. The van der Waals surface area contributed by atoms with E-state index in [4.69, 9.17) is 0 Å². The molecule has 0 amide bonds. The van der Waals surface area contributed by atoms with Crippen LogP contribution >= 0.6 is 11.3 Å². The standard InChI is InChI=1S/C23H16N6S/c1-13-2-5-22(30-13)18-10-24-11-21-16(18)7-20(27-21)23-17-6-14(3-4-19(17)28-29-23)15-8-25-12-26-9-15/h2-12,27H,1H3,(H,28,29). The summed E-state index contributed by atoms with van der Waals surface area (Å²) in [5.41, 5.74) is 6.98. The summed E-state index contributed by atoms with van der Waals surface area (Å²) in [7, 11) is 0. The minimum Gasteiger partial charge on any atom is -0.352 e. The molecule has 0 aliphatic heterocycles. The second-order valence-electron chi connectivity index (χ2n) is 7.20. The second-order valence-corrected chi connectivity index (χ2v) is 8.49. The lowest BCUT2D eigenvalue weighted by atomic mass is 10.0. The molecule has 6 rings (SSSR count). The van der Waals surface area contributed by atoms with Crippen molar-refractivity contribution in [1.82, 2.24) is 30.1 Å². The lowest BCUT2D eigenvalue weighted by Gasteiger charge is -2.01. The Hall–Kier alpha value is -3.84. The number of rotatable bonds is 3. The van der Waals surface area contributed by atoms with Gasteiger partial charge < -0.3 is 4.98 Å². The van der Waals surface area contributed by atoms with Gasteiger partial charge in [0.2, 0.25) is 0 Å². The maximum atomic E-state index is 4.60. The van der Waals surface area contributed by atoms with Crippen molar-refractivity contribution in [2.45, 2.75) is 6.92 Å². The largest absolute Gasteiger partial charge is 0.352 e. The first-order valence-corrected chi connectivity index (χ1v) is 10.4.